The van der Waals surface area contributed by atoms with Gasteiger partial charge >= 0.3 is 0 Å². The van der Waals surface area contributed by atoms with Crippen LogP contribution in [0.25, 0.3) is 0 Å². The van der Waals surface area contributed by atoms with E-state index < -0.39 is 0 Å². The molecular weight excluding hydrogens is 421 g/mol. The van der Waals surface area contributed by atoms with Crippen molar-refractivity contribution in [2.75, 3.05) is 18.7 Å². The first kappa shape index (κ1) is 22.8. The van der Waals surface area contributed by atoms with Crippen LogP contribution in [0, 0.1) is 0 Å². The summed E-state index contributed by atoms with van der Waals surface area (Å²) in [5.41, 5.74) is 1.23. The van der Waals surface area contributed by atoms with Crippen LogP contribution in [0.2, 0.25) is 15.1 Å². The van der Waals surface area contributed by atoms with Gasteiger partial charge in [-0.1, -0.05) is 67.9 Å². The van der Waals surface area contributed by atoms with Gasteiger partial charge in [-0.15, -0.1) is 0 Å². The fraction of sp³-hybridized carbons (Fsp3) is 0.429. The second kappa shape index (κ2) is 11.5. The fourth-order valence-electron chi connectivity index (χ4n) is 2.74. The van der Waals surface area contributed by atoms with Crippen molar-refractivity contribution < 1.29 is 14.6 Å². The lowest BCUT2D eigenvalue weighted by atomic mass is 10.1. The average molecular weight is 447 g/mol. The number of benzene rings is 2. The Morgan fingerprint density at radius 3 is 2.43 bits per heavy atom. The number of rotatable bonds is 11. The zero-order valence-electron chi connectivity index (χ0n) is 16.2. The molecule has 0 aliphatic heterocycles. The molecule has 2 aromatic carbocycles. The molecule has 0 unspecified atom stereocenters. The van der Waals surface area contributed by atoms with Gasteiger partial charge in [0.25, 0.3) is 0 Å². The molecule has 28 heavy (non-hydrogen) atoms. The van der Waals surface area contributed by atoms with Crippen molar-refractivity contribution in [3.63, 3.8) is 0 Å². The van der Waals surface area contributed by atoms with Gasteiger partial charge in [-0.2, -0.15) is 0 Å². The van der Waals surface area contributed by atoms with Crippen molar-refractivity contribution in [1.82, 2.24) is 0 Å². The van der Waals surface area contributed by atoms with Crippen molar-refractivity contribution in [3.8, 4) is 17.2 Å². The first-order chi connectivity index (χ1) is 13.5. The molecule has 2 N–H and O–H groups in total. The number of ether oxygens (including phenoxy) is 2. The quantitative estimate of drug-likeness (QED) is 0.216. The Morgan fingerprint density at radius 2 is 1.75 bits per heavy atom. The van der Waals surface area contributed by atoms with E-state index in [0.717, 1.165) is 18.4 Å². The zero-order valence-corrected chi connectivity index (χ0v) is 18.4. The third kappa shape index (κ3) is 6.26. The molecule has 4 nitrogen and oxygen atoms in total. The molecule has 2 aromatic rings. The van der Waals surface area contributed by atoms with Gasteiger partial charge < -0.3 is 19.9 Å². The Balaban J connectivity index is 2.05. The minimum absolute atomic E-state index is 0.0253. The van der Waals surface area contributed by atoms with Gasteiger partial charge in [0.15, 0.2) is 12.5 Å². The van der Waals surface area contributed by atoms with Crippen LogP contribution in [-0.4, -0.2) is 18.4 Å². The Morgan fingerprint density at radius 1 is 0.964 bits per heavy atom. The van der Waals surface area contributed by atoms with Gasteiger partial charge in [0, 0.05) is 16.7 Å². The first-order valence-corrected chi connectivity index (χ1v) is 10.6. The number of nitrogens with one attached hydrogen (secondary N) is 1. The van der Waals surface area contributed by atoms with E-state index in [1.165, 1.54) is 12.8 Å². The third-order valence-corrected chi connectivity index (χ3v) is 5.23. The number of hydrogen-bond acceptors (Lipinski definition) is 4. The van der Waals surface area contributed by atoms with E-state index in [0.29, 0.717) is 45.3 Å². The summed E-state index contributed by atoms with van der Waals surface area (Å²) in [6.07, 6.45) is 5.14. The van der Waals surface area contributed by atoms with Gasteiger partial charge in [-0.25, -0.2) is 0 Å². The first-order valence-electron chi connectivity index (χ1n) is 9.46. The highest BCUT2D eigenvalue weighted by molar-refractivity contribution is 6.35. The van der Waals surface area contributed by atoms with Gasteiger partial charge in [0.1, 0.15) is 11.5 Å². The van der Waals surface area contributed by atoms with Crippen LogP contribution < -0.4 is 14.8 Å². The van der Waals surface area contributed by atoms with Gasteiger partial charge in [-0.3, -0.25) is 0 Å². The maximum Gasteiger partial charge on any atom is 0.159 e. The van der Waals surface area contributed by atoms with E-state index in [-0.39, 0.29) is 12.5 Å². The summed E-state index contributed by atoms with van der Waals surface area (Å²) >= 11 is 18.3. The van der Waals surface area contributed by atoms with Crippen LogP contribution in [0.3, 0.4) is 0 Å². The highest BCUT2D eigenvalue weighted by Gasteiger charge is 2.16. The monoisotopic (exact) mass is 445 g/mol. The summed E-state index contributed by atoms with van der Waals surface area (Å²) in [5.74, 6) is 1.14. The van der Waals surface area contributed by atoms with E-state index in [2.05, 4.69) is 12.2 Å². The number of unbranched alkanes of at least 4 members (excludes halogenated alkanes) is 3. The Labute approximate surface area is 181 Å². The molecule has 0 amide bonds. The highest BCUT2D eigenvalue weighted by atomic mass is 35.5. The average Bonchev–Trinajstić information content (AvgIpc) is 2.67. The van der Waals surface area contributed by atoms with E-state index in [9.17, 15) is 5.11 Å². The Hall–Kier alpha value is -1.49. The second-order valence-corrected chi connectivity index (χ2v) is 7.59. The summed E-state index contributed by atoms with van der Waals surface area (Å²) in [6, 6.07) is 6.74. The van der Waals surface area contributed by atoms with Crippen molar-refractivity contribution >= 4 is 40.5 Å². The van der Waals surface area contributed by atoms with Crippen LogP contribution in [0.15, 0.2) is 24.3 Å². The molecule has 2 rings (SSSR count). The van der Waals surface area contributed by atoms with E-state index >= 15 is 0 Å². The normalized spacial score (nSPS) is 10.8. The van der Waals surface area contributed by atoms with Gasteiger partial charge in [0.05, 0.1) is 22.3 Å². The fourth-order valence-corrected chi connectivity index (χ4v) is 3.54. The lowest BCUT2D eigenvalue weighted by Gasteiger charge is -2.17. The summed E-state index contributed by atoms with van der Waals surface area (Å²) in [5, 5.41) is 14.7. The van der Waals surface area contributed by atoms with E-state index in [1.54, 1.807) is 24.3 Å². The number of anilines is 1. The second-order valence-electron chi connectivity index (χ2n) is 6.37. The molecule has 7 heteroatoms. The predicted molar refractivity (Wildman–Crippen MR) is 118 cm³/mol. The largest absolute Gasteiger partial charge is 0.504 e. The van der Waals surface area contributed by atoms with Crippen molar-refractivity contribution in [3.05, 3.63) is 44.9 Å². The molecule has 0 fully saturated rings. The molecule has 0 saturated heterocycles. The molecule has 0 aliphatic carbocycles. The van der Waals surface area contributed by atoms with Crippen LogP contribution in [-0.2, 0) is 6.42 Å². The number of phenolic OH excluding ortho intramolecular Hbond substituents is 1. The smallest absolute Gasteiger partial charge is 0.159 e. The standard InChI is InChI=1S/C21H26Cl3NO3/c1-3-5-6-7-10-27-19-12-17(21(26)20(24)15(19)4-2)25-13-28-18-9-8-14(22)11-16(18)23/h8-9,11-12,25-26H,3-7,10,13H2,1-2H3. The lowest BCUT2D eigenvalue weighted by molar-refractivity contribution is 0.301. The van der Waals surface area contributed by atoms with Gasteiger partial charge in [-0.05, 0) is 31.0 Å². The van der Waals surface area contributed by atoms with Crippen LogP contribution in [0.5, 0.6) is 17.2 Å². The molecule has 0 saturated carbocycles. The molecule has 0 radical (unpaired) electrons. The number of aromatic hydroxyl groups is 1. The summed E-state index contributed by atoms with van der Waals surface area (Å²) in [6.45, 7) is 4.85. The number of hydrogen-bond donors (Lipinski definition) is 2. The topological polar surface area (TPSA) is 50.7 Å². The van der Waals surface area contributed by atoms with Crippen LogP contribution in [0.4, 0.5) is 5.69 Å². The van der Waals surface area contributed by atoms with Crippen molar-refractivity contribution in [2.45, 2.75) is 46.0 Å². The van der Waals surface area contributed by atoms with Gasteiger partial charge in [0.2, 0.25) is 0 Å². The molecule has 0 heterocycles. The predicted octanol–water partition coefficient (Wildman–Crippen LogP) is 7.32. The maximum atomic E-state index is 10.4. The molecule has 0 aromatic heterocycles. The van der Waals surface area contributed by atoms with E-state index in [1.807, 2.05) is 6.92 Å². The summed E-state index contributed by atoms with van der Waals surface area (Å²) < 4.78 is 11.6. The van der Waals surface area contributed by atoms with Crippen molar-refractivity contribution in [1.29, 1.82) is 0 Å². The lowest BCUT2D eigenvalue weighted by Crippen LogP contribution is -2.10. The zero-order chi connectivity index (χ0) is 20.5. The van der Waals surface area contributed by atoms with E-state index in [4.69, 9.17) is 44.3 Å². The Bertz CT molecular complexity index is 784. The minimum atomic E-state index is -0.0253. The molecule has 0 aliphatic rings. The third-order valence-electron chi connectivity index (χ3n) is 4.29. The maximum absolute atomic E-state index is 10.4. The molecule has 154 valence electrons. The van der Waals surface area contributed by atoms with Crippen molar-refractivity contribution in [2.24, 2.45) is 0 Å². The summed E-state index contributed by atoms with van der Waals surface area (Å²) in [7, 11) is 0. The van der Waals surface area contributed by atoms with Crippen LogP contribution in [0.1, 0.15) is 45.1 Å². The Kier molecular flexibility index (Phi) is 9.36. The molecular formula is C21H26Cl3NO3. The molecule has 0 atom stereocenters. The van der Waals surface area contributed by atoms with Crippen LogP contribution >= 0.6 is 34.8 Å². The SMILES string of the molecule is CCCCCCOc1cc(NCOc2ccc(Cl)cc2Cl)c(O)c(Cl)c1CC. The minimum Gasteiger partial charge on any atom is -0.504 e. The molecule has 0 spiro atoms. The molecule has 0 bridgehead atoms. The summed E-state index contributed by atoms with van der Waals surface area (Å²) in [4.78, 5) is 0. The number of halogens is 3. The highest BCUT2D eigenvalue weighted by Crippen LogP contribution is 2.41. The number of phenols is 1.